The maximum Gasteiger partial charge on any atom is 0.256 e. The second-order valence-corrected chi connectivity index (χ2v) is 9.54. The predicted octanol–water partition coefficient (Wildman–Crippen LogP) is 3.83. The van der Waals surface area contributed by atoms with E-state index in [4.69, 9.17) is 0 Å². The molecule has 0 aliphatic carbocycles. The first-order valence-electron chi connectivity index (χ1n) is 12.3. The summed E-state index contributed by atoms with van der Waals surface area (Å²) >= 11 is 0. The Morgan fingerprint density at radius 3 is 2.36 bits per heavy atom. The minimum Gasteiger partial charge on any atom is -0.378 e. The van der Waals surface area contributed by atoms with E-state index in [9.17, 15) is 14.4 Å². The van der Waals surface area contributed by atoms with Crippen LogP contribution in [0.15, 0.2) is 72.8 Å². The molecule has 7 nitrogen and oxygen atoms in total. The average Bonchev–Trinajstić information content (AvgIpc) is 3.38. The van der Waals surface area contributed by atoms with Gasteiger partial charge in [-0.1, -0.05) is 36.4 Å². The number of benzene rings is 3. The van der Waals surface area contributed by atoms with Gasteiger partial charge < -0.3 is 20.0 Å². The van der Waals surface area contributed by atoms with Crippen molar-refractivity contribution in [2.45, 2.75) is 32.0 Å². The normalized spacial score (nSPS) is 16.9. The molecule has 0 aromatic heterocycles. The zero-order chi connectivity index (χ0) is 25.2. The van der Waals surface area contributed by atoms with Crippen molar-refractivity contribution in [1.29, 1.82) is 0 Å². The third-order valence-corrected chi connectivity index (χ3v) is 6.95. The number of carbonyl (C=O) groups is 3. The van der Waals surface area contributed by atoms with Gasteiger partial charge in [-0.25, -0.2) is 0 Å². The van der Waals surface area contributed by atoms with Gasteiger partial charge >= 0.3 is 0 Å². The van der Waals surface area contributed by atoms with Crippen LogP contribution in [0.25, 0.3) is 0 Å². The van der Waals surface area contributed by atoms with Gasteiger partial charge in [0, 0.05) is 38.4 Å². The number of fused-ring (bicyclic) bond motifs is 2. The lowest BCUT2D eigenvalue weighted by atomic mass is 10.1. The summed E-state index contributed by atoms with van der Waals surface area (Å²) in [6, 6.07) is 22.3. The Bertz CT molecular complexity index is 1280. The molecule has 3 amide bonds. The zero-order valence-corrected chi connectivity index (χ0v) is 20.6. The van der Waals surface area contributed by atoms with E-state index in [2.05, 4.69) is 5.32 Å². The van der Waals surface area contributed by atoms with E-state index in [1.807, 2.05) is 73.6 Å². The molecule has 0 spiro atoms. The van der Waals surface area contributed by atoms with E-state index in [0.717, 1.165) is 23.2 Å². The van der Waals surface area contributed by atoms with E-state index in [1.165, 1.54) is 0 Å². The van der Waals surface area contributed by atoms with Crippen LogP contribution in [0.3, 0.4) is 0 Å². The van der Waals surface area contributed by atoms with E-state index >= 15 is 0 Å². The lowest BCUT2D eigenvalue weighted by Crippen LogP contribution is -2.44. The zero-order valence-electron chi connectivity index (χ0n) is 20.6. The Kier molecular flexibility index (Phi) is 6.46. The fraction of sp³-hybridized carbons (Fsp3) is 0.276. The van der Waals surface area contributed by atoms with E-state index < -0.39 is 6.04 Å². The van der Waals surface area contributed by atoms with Crippen LogP contribution < -0.4 is 15.1 Å². The van der Waals surface area contributed by atoms with E-state index in [-0.39, 0.29) is 17.7 Å². The summed E-state index contributed by atoms with van der Waals surface area (Å²) in [6.07, 6.45) is 1.52. The summed E-state index contributed by atoms with van der Waals surface area (Å²) < 4.78 is 0. The van der Waals surface area contributed by atoms with Gasteiger partial charge in [0.05, 0.1) is 17.8 Å². The van der Waals surface area contributed by atoms with Crippen LogP contribution in [0.1, 0.15) is 44.7 Å². The van der Waals surface area contributed by atoms with Crippen molar-refractivity contribution in [2.75, 3.05) is 30.4 Å². The molecule has 3 aromatic rings. The Labute approximate surface area is 211 Å². The van der Waals surface area contributed by atoms with Crippen LogP contribution in [0.4, 0.5) is 11.4 Å². The van der Waals surface area contributed by atoms with Crippen molar-refractivity contribution >= 4 is 29.1 Å². The maximum absolute atomic E-state index is 13.5. The number of nitrogens with zero attached hydrogens (tertiary/aromatic N) is 3. The number of nitrogens with one attached hydrogen (secondary N) is 1. The Morgan fingerprint density at radius 1 is 0.944 bits per heavy atom. The first-order chi connectivity index (χ1) is 17.4. The average molecular weight is 483 g/mol. The maximum atomic E-state index is 13.5. The molecule has 3 aromatic carbocycles. The highest BCUT2D eigenvalue weighted by molar-refractivity contribution is 6.11. The quantitative estimate of drug-likeness (QED) is 0.580. The fourth-order valence-electron chi connectivity index (χ4n) is 4.91. The summed E-state index contributed by atoms with van der Waals surface area (Å²) in [5.74, 6) is -0.276. The molecule has 0 bridgehead atoms. The number of rotatable bonds is 6. The van der Waals surface area contributed by atoms with Gasteiger partial charge in [-0.05, 0) is 60.4 Å². The van der Waals surface area contributed by atoms with Crippen molar-refractivity contribution in [2.24, 2.45) is 0 Å². The third-order valence-electron chi connectivity index (χ3n) is 6.95. The summed E-state index contributed by atoms with van der Waals surface area (Å²) in [7, 11) is 3.98. The molecule has 1 atom stereocenters. The minimum absolute atomic E-state index is 0.0482. The number of hydrogen-bond acceptors (Lipinski definition) is 4. The summed E-state index contributed by atoms with van der Waals surface area (Å²) in [4.78, 5) is 44.7. The van der Waals surface area contributed by atoms with Crippen LogP contribution in [0.5, 0.6) is 0 Å². The van der Waals surface area contributed by atoms with Crippen LogP contribution in [0, 0.1) is 0 Å². The van der Waals surface area contributed by atoms with Crippen molar-refractivity contribution in [3.63, 3.8) is 0 Å². The summed E-state index contributed by atoms with van der Waals surface area (Å²) in [6.45, 7) is 1.40. The Hall–Kier alpha value is -4.13. The molecule has 1 fully saturated rings. The third kappa shape index (κ3) is 4.56. The van der Waals surface area contributed by atoms with Crippen molar-refractivity contribution in [1.82, 2.24) is 10.2 Å². The molecule has 36 heavy (non-hydrogen) atoms. The standard InChI is InChI=1S/C29H30N4O3/c1-31(2)23-15-11-20(12-16-23)18-30-27(34)22-13-9-21(10-14-22)19-33-25-7-4-3-6-24(25)28(35)32-17-5-8-26(32)29(33)36/h3-4,6-7,9-16,26H,5,8,17-19H2,1-2H3,(H,30,34). The van der Waals surface area contributed by atoms with E-state index in [0.29, 0.717) is 42.9 Å². The molecule has 5 rings (SSSR count). The first-order valence-corrected chi connectivity index (χ1v) is 12.3. The summed E-state index contributed by atoms with van der Waals surface area (Å²) in [5.41, 5.74) is 4.79. The second-order valence-electron chi connectivity index (χ2n) is 9.54. The number of carbonyl (C=O) groups excluding carboxylic acids is 3. The van der Waals surface area contributed by atoms with Crippen LogP contribution in [-0.4, -0.2) is 49.3 Å². The van der Waals surface area contributed by atoms with Crippen LogP contribution in [0.2, 0.25) is 0 Å². The van der Waals surface area contributed by atoms with Gasteiger partial charge in [0.15, 0.2) is 0 Å². The van der Waals surface area contributed by atoms with Crippen molar-refractivity contribution < 1.29 is 14.4 Å². The van der Waals surface area contributed by atoms with Gasteiger partial charge in [0.1, 0.15) is 6.04 Å². The molecule has 2 aliphatic rings. The van der Waals surface area contributed by atoms with Gasteiger partial charge in [-0.15, -0.1) is 0 Å². The highest BCUT2D eigenvalue weighted by Crippen LogP contribution is 2.33. The highest BCUT2D eigenvalue weighted by Gasteiger charge is 2.41. The highest BCUT2D eigenvalue weighted by atomic mass is 16.2. The monoisotopic (exact) mass is 482 g/mol. The topological polar surface area (TPSA) is 73.0 Å². The Balaban J connectivity index is 1.28. The molecule has 184 valence electrons. The lowest BCUT2D eigenvalue weighted by Gasteiger charge is -2.26. The molecule has 1 saturated heterocycles. The fourth-order valence-corrected chi connectivity index (χ4v) is 4.91. The number of amides is 3. The summed E-state index contributed by atoms with van der Waals surface area (Å²) in [5, 5.41) is 2.96. The van der Waals surface area contributed by atoms with Crippen LogP contribution in [-0.2, 0) is 17.9 Å². The SMILES string of the molecule is CN(C)c1ccc(CNC(=O)c2ccc(CN3C(=O)C4CCCN4C(=O)c4ccccc43)cc2)cc1. The van der Waals surface area contributed by atoms with Crippen LogP contribution >= 0.6 is 0 Å². The molecular weight excluding hydrogens is 452 g/mol. The van der Waals surface area contributed by atoms with Gasteiger partial charge in [0.25, 0.3) is 11.8 Å². The lowest BCUT2D eigenvalue weighted by molar-refractivity contribution is -0.122. The number of anilines is 2. The molecular formula is C29H30N4O3. The molecule has 0 saturated carbocycles. The van der Waals surface area contributed by atoms with Crippen molar-refractivity contribution in [3.05, 3.63) is 95.1 Å². The molecule has 1 N–H and O–H groups in total. The van der Waals surface area contributed by atoms with E-state index in [1.54, 1.807) is 28.0 Å². The minimum atomic E-state index is -0.415. The van der Waals surface area contributed by atoms with Gasteiger partial charge in [-0.3, -0.25) is 14.4 Å². The number of para-hydroxylation sites is 1. The Morgan fingerprint density at radius 2 is 1.64 bits per heavy atom. The smallest absolute Gasteiger partial charge is 0.256 e. The second kappa shape index (κ2) is 9.85. The first kappa shape index (κ1) is 23.6. The number of hydrogen-bond donors (Lipinski definition) is 1. The molecule has 0 radical (unpaired) electrons. The molecule has 2 heterocycles. The van der Waals surface area contributed by atoms with Gasteiger partial charge in [0.2, 0.25) is 5.91 Å². The largest absolute Gasteiger partial charge is 0.378 e. The van der Waals surface area contributed by atoms with Gasteiger partial charge in [-0.2, -0.15) is 0 Å². The predicted molar refractivity (Wildman–Crippen MR) is 140 cm³/mol. The molecule has 7 heteroatoms. The van der Waals surface area contributed by atoms with Crippen molar-refractivity contribution in [3.8, 4) is 0 Å². The molecule has 2 aliphatic heterocycles. The molecule has 1 unspecified atom stereocenters.